The standard InChI is InChI=1S/C14H16ClNO4S/c1-19-14(13-6-3-7-20-13)9-16-21(17,18)10-11-4-2-5-12(15)8-11/h2-8,14,16H,9-10H2,1H3. The summed E-state index contributed by atoms with van der Waals surface area (Å²) in [5, 5.41) is 0.507. The third-order valence-corrected chi connectivity index (χ3v) is 4.43. The van der Waals surface area contributed by atoms with Crippen LogP contribution in [0.25, 0.3) is 0 Å². The van der Waals surface area contributed by atoms with E-state index in [1.54, 1.807) is 36.4 Å². The molecule has 0 spiro atoms. The van der Waals surface area contributed by atoms with E-state index in [0.717, 1.165) is 0 Å². The first-order chi connectivity index (χ1) is 10.00. The highest BCUT2D eigenvalue weighted by atomic mass is 35.5. The van der Waals surface area contributed by atoms with Crippen LogP contribution in [-0.2, 0) is 20.5 Å². The predicted molar refractivity (Wildman–Crippen MR) is 80.5 cm³/mol. The molecule has 0 radical (unpaired) electrons. The summed E-state index contributed by atoms with van der Waals surface area (Å²) >= 11 is 5.84. The molecule has 0 saturated heterocycles. The van der Waals surface area contributed by atoms with E-state index in [1.165, 1.54) is 13.4 Å². The molecule has 1 N–H and O–H groups in total. The van der Waals surface area contributed by atoms with Crippen molar-refractivity contribution in [1.29, 1.82) is 0 Å². The first-order valence-electron chi connectivity index (χ1n) is 6.28. The van der Waals surface area contributed by atoms with Gasteiger partial charge in [-0.15, -0.1) is 0 Å². The van der Waals surface area contributed by atoms with Crippen LogP contribution >= 0.6 is 11.6 Å². The lowest BCUT2D eigenvalue weighted by molar-refractivity contribution is 0.0878. The molecule has 0 fully saturated rings. The molecule has 2 rings (SSSR count). The van der Waals surface area contributed by atoms with Gasteiger partial charge < -0.3 is 9.15 Å². The molecular formula is C14H16ClNO4S. The van der Waals surface area contributed by atoms with Crippen molar-refractivity contribution in [1.82, 2.24) is 4.72 Å². The molecule has 1 aromatic carbocycles. The van der Waals surface area contributed by atoms with E-state index in [0.29, 0.717) is 16.3 Å². The Morgan fingerprint density at radius 1 is 1.33 bits per heavy atom. The monoisotopic (exact) mass is 329 g/mol. The zero-order valence-electron chi connectivity index (χ0n) is 11.5. The Labute approximate surface area is 128 Å². The largest absolute Gasteiger partial charge is 0.467 e. The van der Waals surface area contributed by atoms with E-state index < -0.39 is 16.1 Å². The molecule has 5 nitrogen and oxygen atoms in total. The summed E-state index contributed by atoms with van der Waals surface area (Å²) in [6.45, 7) is 0.104. The molecule has 0 aliphatic heterocycles. The Morgan fingerprint density at radius 2 is 2.14 bits per heavy atom. The number of hydrogen-bond donors (Lipinski definition) is 1. The highest BCUT2D eigenvalue weighted by Gasteiger charge is 2.18. The highest BCUT2D eigenvalue weighted by Crippen LogP contribution is 2.17. The normalized spacial score (nSPS) is 13.2. The van der Waals surface area contributed by atoms with Gasteiger partial charge >= 0.3 is 0 Å². The molecule has 1 heterocycles. The van der Waals surface area contributed by atoms with Gasteiger partial charge in [-0.3, -0.25) is 0 Å². The maximum atomic E-state index is 12.1. The van der Waals surface area contributed by atoms with E-state index >= 15 is 0 Å². The number of furan rings is 1. The maximum Gasteiger partial charge on any atom is 0.215 e. The topological polar surface area (TPSA) is 68.5 Å². The van der Waals surface area contributed by atoms with Crippen LogP contribution in [0.5, 0.6) is 0 Å². The SMILES string of the molecule is COC(CNS(=O)(=O)Cc1cccc(Cl)c1)c1ccco1. The van der Waals surface area contributed by atoms with Gasteiger partial charge in [0.25, 0.3) is 0 Å². The minimum absolute atomic E-state index is 0.104. The number of nitrogens with one attached hydrogen (secondary N) is 1. The van der Waals surface area contributed by atoms with Gasteiger partial charge in [0, 0.05) is 18.7 Å². The molecule has 0 aliphatic rings. The number of benzene rings is 1. The fourth-order valence-electron chi connectivity index (χ4n) is 1.87. The maximum absolute atomic E-state index is 12.1. The minimum atomic E-state index is -3.48. The molecule has 0 amide bonds. The molecule has 2 aromatic rings. The molecule has 1 atom stereocenters. The van der Waals surface area contributed by atoms with Crippen LogP contribution < -0.4 is 4.72 Å². The lowest BCUT2D eigenvalue weighted by Gasteiger charge is -2.14. The number of hydrogen-bond acceptors (Lipinski definition) is 4. The second-order valence-electron chi connectivity index (χ2n) is 4.48. The van der Waals surface area contributed by atoms with Gasteiger partial charge in [-0.1, -0.05) is 23.7 Å². The fraction of sp³-hybridized carbons (Fsp3) is 0.286. The van der Waals surface area contributed by atoms with E-state index in [4.69, 9.17) is 20.8 Å². The molecule has 1 aromatic heterocycles. The van der Waals surface area contributed by atoms with Crippen LogP contribution in [-0.4, -0.2) is 22.1 Å². The Morgan fingerprint density at radius 3 is 2.76 bits per heavy atom. The number of methoxy groups -OCH3 is 1. The van der Waals surface area contributed by atoms with Crippen molar-refractivity contribution < 1.29 is 17.6 Å². The van der Waals surface area contributed by atoms with Crippen molar-refractivity contribution >= 4 is 21.6 Å². The van der Waals surface area contributed by atoms with Crippen LogP contribution in [0.3, 0.4) is 0 Å². The van der Waals surface area contributed by atoms with E-state index in [9.17, 15) is 8.42 Å². The summed E-state index contributed by atoms with van der Waals surface area (Å²) in [5.41, 5.74) is 0.627. The smallest absolute Gasteiger partial charge is 0.215 e. The average molecular weight is 330 g/mol. The van der Waals surface area contributed by atoms with Gasteiger partial charge in [0.2, 0.25) is 10.0 Å². The van der Waals surface area contributed by atoms with E-state index in [2.05, 4.69) is 4.72 Å². The number of sulfonamides is 1. The Bertz CT molecular complexity index is 670. The van der Waals surface area contributed by atoms with Gasteiger partial charge in [0.15, 0.2) is 0 Å². The Balaban J connectivity index is 1.98. The molecule has 114 valence electrons. The average Bonchev–Trinajstić information content (AvgIpc) is 2.93. The lowest BCUT2D eigenvalue weighted by Crippen LogP contribution is -2.30. The van der Waals surface area contributed by atoms with Crippen molar-refractivity contribution in [2.75, 3.05) is 13.7 Å². The third kappa shape index (κ3) is 4.86. The van der Waals surface area contributed by atoms with Gasteiger partial charge in [0.05, 0.1) is 12.0 Å². The zero-order chi connectivity index (χ0) is 15.3. The van der Waals surface area contributed by atoms with Crippen LogP contribution in [0.1, 0.15) is 17.4 Å². The van der Waals surface area contributed by atoms with E-state index in [-0.39, 0.29) is 12.3 Å². The Kier molecular flexibility index (Phi) is 5.41. The summed E-state index contributed by atoms with van der Waals surface area (Å²) in [5.74, 6) is 0.435. The second-order valence-corrected chi connectivity index (χ2v) is 6.72. The van der Waals surface area contributed by atoms with E-state index in [1.807, 2.05) is 0 Å². The Hall–Kier alpha value is -1.34. The fourth-order valence-corrected chi connectivity index (χ4v) is 3.21. The van der Waals surface area contributed by atoms with Crippen LogP contribution in [0.2, 0.25) is 5.02 Å². The second kappa shape index (κ2) is 7.09. The molecule has 1 unspecified atom stereocenters. The van der Waals surface area contributed by atoms with Crippen LogP contribution in [0, 0.1) is 0 Å². The minimum Gasteiger partial charge on any atom is -0.467 e. The number of rotatable bonds is 7. The summed E-state index contributed by atoms with van der Waals surface area (Å²) in [6.07, 6.45) is 1.05. The van der Waals surface area contributed by atoms with Crippen molar-refractivity contribution in [2.45, 2.75) is 11.9 Å². The summed E-state index contributed by atoms with van der Waals surface area (Å²) in [6, 6.07) is 10.2. The highest BCUT2D eigenvalue weighted by molar-refractivity contribution is 7.88. The quantitative estimate of drug-likeness (QED) is 0.848. The molecule has 21 heavy (non-hydrogen) atoms. The van der Waals surface area contributed by atoms with Crippen molar-refractivity contribution in [3.05, 3.63) is 59.0 Å². The number of ether oxygens (including phenoxy) is 1. The lowest BCUT2D eigenvalue weighted by atomic mass is 10.2. The third-order valence-electron chi connectivity index (χ3n) is 2.88. The van der Waals surface area contributed by atoms with Crippen molar-refractivity contribution in [2.24, 2.45) is 0 Å². The van der Waals surface area contributed by atoms with Gasteiger partial charge in [-0.05, 0) is 29.8 Å². The number of halogens is 1. The molecule has 0 saturated carbocycles. The first-order valence-corrected chi connectivity index (χ1v) is 8.31. The van der Waals surface area contributed by atoms with Crippen LogP contribution in [0.15, 0.2) is 47.1 Å². The first kappa shape index (κ1) is 16.0. The van der Waals surface area contributed by atoms with Crippen LogP contribution in [0.4, 0.5) is 0 Å². The molecule has 7 heteroatoms. The predicted octanol–water partition coefficient (Wildman–Crippen LogP) is 2.74. The van der Waals surface area contributed by atoms with Gasteiger partial charge in [0.1, 0.15) is 11.9 Å². The molecule has 0 bridgehead atoms. The molecule has 0 aliphatic carbocycles. The zero-order valence-corrected chi connectivity index (χ0v) is 13.0. The van der Waals surface area contributed by atoms with Crippen molar-refractivity contribution in [3.63, 3.8) is 0 Å². The molecular weight excluding hydrogens is 314 g/mol. The summed E-state index contributed by atoms with van der Waals surface area (Å²) < 4.78 is 37.1. The van der Waals surface area contributed by atoms with Gasteiger partial charge in [-0.25, -0.2) is 13.1 Å². The van der Waals surface area contributed by atoms with Crippen molar-refractivity contribution in [3.8, 4) is 0 Å². The summed E-state index contributed by atoms with van der Waals surface area (Å²) in [7, 11) is -1.98. The summed E-state index contributed by atoms with van der Waals surface area (Å²) in [4.78, 5) is 0. The van der Waals surface area contributed by atoms with Gasteiger partial charge in [-0.2, -0.15) is 0 Å².